The van der Waals surface area contributed by atoms with Gasteiger partial charge in [-0.05, 0) is 22.0 Å². The molecule has 0 aliphatic rings. The molecule has 0 saturated carbocycles. The molecule has 2 rings (SSSR count). The zero-order valence-corrected chi connectivity index (χ0v) is 10.6. The van der Waals surface area contributed by atoms with Crippen LogP contribution in [0.25, 0.3) is 5.82 Å². The monoisotopic (exact) mass is 307 g/mol. The van der Waals surface area contributed by atoms with Crippen molar-refractivity contribution in [1.29, 1.82) is 10.5 Å². The van der Waals surface area contributed by atoms with E-state index in [1.807, 2.05) is 12.1 Å². The lowest BCUT2D eigenvalue weighted by atomic mass is 10.3. The van der Waals surface area contributed by atoms with Gasteiger partial charge in [-0.15, -0.1) is 0 Å². The van der Waals surface area contributed by atoms with Crippen molar-refractivity contribution in [3.63, 3.8) is 0 Å². The van der Waals surface area contributed by atoms with Gasteiger partial charge in [0.05, 0.1) is 9.50 Å². The Morgan fingerprint density at radius 1 is 1.29 bits per heavy atom. The molecular formula is C10H3BrClN5. The molecule has 82 valence electrons. The van der Waals surface area contributed by atoms with E-state index < -0.39 is 0 Å². The predicted octanol–water partition coefficient (Wildman–Crippen LogP) is 2.43. The van der Waals surface area contributed by atoms with Crippen molar-refractivity contribution in [2.24, 2.45) is 0 Å². The number of rotatable bonds is 1. The molecular weight excluding hydrogens is 306 g/mol. The number of nitriles is 2. The van der Waals surface area contributed by atoms with Crippen LogP contribution in [0.15, 0.2) is 23.1 Å². The van der Waals surface area contributed by atoms with E-state index in [9.17, 15) is 0 Å². The second-order valence-electron chi connectivity index (χ2n) is 2.99. The largest absolute Gasteiger partial charge is 0.272 e. The van der Waals surface area contributed by atoms with Crippen LogP contribution in [0.3, 0.4) is 0 Å². The van der Waals surface area contributed by atoms with Crippen LogP contribution in [0.5, 0.6) is 0 Å². The Hall–Kier alpha value is -1.89. The molecule has 0 atom stereocenters. The molecule has 2 aromatic heterocycles. The van der Waals surface area contributed by atoms with Crippen molar-refractivity contribution in [3.05, 3.63) is 39.5 Å². The average molecular weight is 309 g/mol. The maximum Gasteiger partial charge on any atom is 0.177 e. The minimum absolute atomic E-state index is 0.0659. The molecule has 2 aromatic rings. The van der Waals surface area contributed by atoms with Crippen LogP contribution in [0, 0.1) is 22.7 Å². The fourth-order valence-electron chi connectivity index (χ4n) is 1.28. The van der Waals surface area contributed by atoms with E-state index in [1.54, 1.807) is 6.07 Å². The smallest absolute Gasteiger partial charge is 0.177 e. The van der Waals surface area contributed by atoms with E-state index in [4.69, 9.17) is 22.1 Å². The summed E-state index contributed by atoms with van der Waals surface area (Å²) in [6.45, 7) is 0. The van der Waals surface area contributed by atoms with Crippen molar-refractivity contribution < 1.29 is 0 Å². The number of nitrogens with zero attached hydrogens (tertiary/aromatic N) is 5. The Morgan fingerprint density at radius 3 is 2.65 bits per heavy atom. The third-order valence-corrected chi connectivity index (χ3v) is 2.79. The van der Waals surface area contributed by atoms with Gasteiger partial charge in [-0.3, -0.25) is 4.57 Å². The van der Waals surface area contributed by atoms with Gasteiger partial charge in [-0.25, -0.2) is 9.97 Å². The molecule has 0 spiro atoms. The molecule has 0 amide bonds. The number of pyridine rings is 1. The van der Waals surface area contributed by atoms with Crippen molar-refractivity contribution >= 4 is 27.5 Å². The molecule has 0 N–H and O–H groups in total. The molecule has 2 heterocycles. The molecule has 0 bridgehead atoms. The Bertz CT molecular complexity index is 664. The Morgan fingerprint density at radius 2 is 2.06 bits per heavy atom. The van der Waals surface area contributed by atoms with E-state index in [-0.39, 0.29) is 11.4 Å². The number of halogens is 2. The topological polar surface area (TPSA) is 78.3 Å². The van der Waals surface area contributed by atoms with Gasteiger partial charge < -0.3 is 0 Å². The Kier molecular flexibility index (Phi) is 3.10. The second-order valence-corrected chi connectivity index (χ2v) is 4.29. The van der Waals surface area contributed by atoms with E-state index in [2.05, 4.69) is 25.9 Å². The van der Waals surface area contributed by atoms with Crippen molar-refractivity contribution in [2.75, 3.05) is 0 Å². The highest BCUT2D eigenvalue weighted by molar-refractivity contribution is 9.10. The summed E-state index contributed by atoms with van der Waals surface area (Å²) in [5, 5.41) is 18.3. The minimum Gasteiger partial charge on any atom is -0.272 e. The average Bonchev–Trinajstić information content (AvgIpc) is 2.71. The van der Waals surface area contributed by atoms with Gasteiger partial charge in [-0.1, -0.05) is 11.6 Å². The second kappa shape index (κ2) is 4.54. The highest BCUT2D eigenvalue weighted by atomic mass is 79.9. The van der Waals surface area contributed by atoms with E-state index in [1.165, 1.54) is 17.1 Å². The summed E-state index contributed by atoms with van der Waals surface area (Å²) < 4.78 is 2.04. The molecule has 0 unspecified atom stereocenters. The lowest BCUT2D eigenvalue weighted by Crippen LogP contribution is -2.00. The highest BCUT2D eigenvalue weighted by Crippen LogP contribution is 2.23. The zero-order chi connectivity index (χ0) is 12.4. The first-order chi connectivity index (χ1) is 8.17. The first kappa shape index (κ1) is 11.6. The highest BCUT2D eigenvalue weighted by Gasteiger charge is 2.14. The minimum atomic E-state index is 0.0659. The summed E-state index contributed by atoms with van der Waals surface area (Å²) >= 11 is 9.07. The maximum atomic E-state index is 8.99. The van der Waals surface area contributed by atoms with Gasteiger partial charge in [0.2, 0.25) is 0 Å². The number of aromatic nitrogens is 3. The molecule has 0 aromatic carbocycles. The fraction of sp³-hybridized carbons (Fsp3) is 0. The van der Waals surface area contributed by atoms with Crippen molar-refractivity contribution in [2.45, 2.75) is 0 Å². The fourth-order valence-corrected chi connectivity index (χ4v) is 2.11. The van der Waals surface area contributed by atoms with Crippen LogP contribution in [0.2, 0.25) is 5.02 Å². The molecule has 5 nitrogen and oxygen atoms in total. The third kappa shape index (κ3) is 2.01. The molecule has 0 aliphatic carbocycles. The van der Waals surface area contributed by atoms with E-state index in [0.29, 0.717) is 15.3 Å². The normalized spacial score (nSPS) is 9.65. The first-order valence-corrected chi connectivity index (χ1v) is 5.53. The molecule has 0 aliphatic heterocycles. The Balaban J connectivity index is 2.66. The number of imidazole rings is 1. The van der Waals surface area contributed by atoms with Gasteiger partial charge in [-0.2, -0.15) is 10.5 Å². The summed E-state index contributed by atoms with van der Waals surface area (Å²) in [5.74, 6) is 0.458. The van der Waals surface area contributed by atoms with Gasteiger partial charge in [0.25, 0.3) is 0 Å². The summed E-state index contributed by atoms with van der Waals surface area (Å²) in [5.41, 5.74) is 0.208. The van der Waals surface area contributed by atoms with E-state index >= 15 is 0 Å². The molecule has 0 saturated heterocycles. The number of hydrogen-bond donors (Lipinski definition) is 0. The maximum absolute atomic E-state index is 8.99. The predicted molar refractivity (Wildman–Crippen MR) is 63.5 cm³/mol. The van der Waals surface area contributed by atoms with Crippen LogP contribution < -0.4 is 0 Å². The molecule has 0 fully saturated rings. The van der Waals surface area contributed by atoms with E-state index in [0.717, 1.165) is 0 Å². The third-order valence-electron chi connectivity index (χ3n) is 2.00. The van der Waals surface area contributed by atoms with Crippen molar-refractivity contribution in [1.82, 2.24) is 14.5 Å². The molecule has 7 heteroatoms. The molecule has 17 heavy (non-hydrogen) atoms. The Labute approximate surface area is 110 Å². The van der Waals surface area contributed by atoms with Gasteiger partial charge >= 0.3 is 0 Å². The van der Waals surface area contributed by atoms with Crippen LogP contribution in [-0.4, -0.2) is 14.5 Å². The van der Waals surface area contributed by atoms with Crippen LogP contribution in [-0.2, 0) is 0 Å². The van der Waals surface area contributed by atoms with Gasteiger partial charge in [0.1, 0.15) is 18.5 Å². The summed E-state index contributed by atoms with van der Waals surface area (Å²) in [7, 11) is 0. The first-order valence-electron chi connectivity index (χ1n) is 4.36. The SMILES string of the molecule is N#Cc1ncn(-c2ncc(Cl)cc2Br)c1C#N. The van der Waals surface area contributed by atoms with Crippen LogP contribution in [0.4, 0.5) is 0 Å². The lowest BCUT2D eigenvalue weighted by Gasteiger charge is -2.05. The van der Waals surface area contributed by atoms with Crippen LogP contribution in [0.1, 0.15) is 11.4 Å². The molecule has 0 radical (unpaired) electrons. The standard InChI is InChI=1S/C10H3BrClN5/c11-7-1-6(12)4-15-10(7)17-5-16-8(2-13)9(17)3-14/h1,4-5H. The summed E-state index contributed by atoms with van der Waals surface area (Å²) in [4.78, 5) is 7.92. The lowest BCUT2D eigenvalue weighted by molar-refractivity contribution is 0.968. The zero-order valence-electron chi connectivity index (χ0n) is 8.22. The van der Waals surface area contributed by atoms with Crippen molar-refractivity contribution in [3.8, 4) is 18.0 Å². The van der Waals surface area contributed by atoms with Crippen LogP contribution >= 0.6 is 27.5 Å². The summed E-state index contributed by atoms with van der Waals surface area (Å²) in [6, 6.07) is 5.41. The van der Waals surface area contributed by atoms with Gasteiger partial charge in [0, 0.05) is 6.20 Å². The quantitative estimate of drug-likeness (QED) is 0.810. The summed E-state index contributed by atoms with van der Waals surface area (Å²) in [6.07, 6.45) is 2.83. The van der Waals surface area contributed by atoms with Gasteiger partial charge in [0.15, 0.2) is 17.2 Å². The number of hydrogen-bond acceptors (Lipinski definition) is 4.